The minimum atomic E-state index is -4.62. The number of nitrogens with zero attached hydrogens (tertiary/aromatic N) is 3. The Bertz CT molecular complexity index is 1340. The molecule has 0 unspecified atom stereocenters. The Morgan fingerprint density at radius 2 is 1.84 bits per heavy atom. The van der Waals surface area contributed by atoms with Crippen molar-refractivity contribution in [3.63, 3.8) is 0 Å². The molecule has 3 rings (SSSR count). The lowest BCUT2D eigenvalue weighted by Gasteiger charge is -2.33. The fraction of sp³-hybridized carbons (Fsp3) is 0.292. The van der Waals surface area contributed by atoms with E-state index in [4.69, 9.17) is 14.5 Å². The highest BCUT2D eigenvalue weighted by molar-refractivity contribution is 7.46. The highest BCUT2D eigenvalue weighted by atomic mass is 31.2. The number of amides is 2. The molecule has 0 aliphatic rings. The van der Waals surface area contributed by atoms with Crippen molar-refractivity contribution in [2.75, 3.05) is 11.6 Å². The topological polar surface area (TPSA) is 142 Å². The fourth-order valence-corrected chi connectivity index (χ4v) is 3.84. The summed E-state index contributed by atoms with van der Waals surface area (Å²) < 4.78 is 48.6. The van der Waals surface area contributed by atoms with Crippen LogP contribution in [0, 0.1) is 11.6 Å². The van der Waals surface area contributed by atoms with Crippen molar-refractivity contribution >= 4 is 36.4 Å². The summed E-state index contributed by atoms with van der Waals surface area (Å²) in [5, 5.41) is 3.09. The number of fused-ring (bicyclic) bond motifs is 1. The van der Waals surface area contributed by atoms with E-state index in [1.807, 2.05) is 12.1 Å². The van der Waals surface area contributed by atoms with Crippen LogP contribution in [0.25, 0.3) is 10.8 Å². The summed E-state index contributed by atoms with van der Waals surface area (Å²) in [5.41, 5.74) is 2.54. The van der Waals surface area contributed by atoms with Crippen LogP contribution in [0.1, 0.15) is 32.3 Å². The normalized spacial score (nSPS) is 12.3. The predicted octanol–water partition coefficient (Wildman–Crippen LogP) is 4.20. The standard InChI is InChI=1S/C24H27F2N4O7P/c1-16(7-6-12-36-38(33,34)35)37-24(32)29(22-13-18-8-3-4-9-19(18)14-27-22)30(17(2)31)28-15-20-10-5-11-21(25)23(20)26/h3-5,8-11,13-14,16,28H,6-7,12,15H2,1-2H3,(H2,33,34,35)/t16-/m1/s1. The van der Waals surface area contributed by atoms with E-state index >= 15 is 0 Å². The molecule has 3 N–H and O–H groups in total. The Hall–Kier alpha value is -3.48. The van der Waals surface area contributed by atoms with E-state index in [2.05, 4.69) is 14.9 Å². The lowest BCUT2D eigenvalue weighted by Crippen LogP contribution is -2.57. The summed E-state index contributed by atoms with van der Waals surface area (Å²) in [6, 6.07) is 12.3. The maximum Gasteiger partial charge on any atom is 0.469 e. The highest BCUT2D eigenvalue weighted by Crippen LogP contribution is 2.35. The Kier molecular flexibility index (Phi) is 9.84. The molecule has 1 aromatic heterocycles. The number of aromatic nitrogens is 1. The number of hydrogen-bond donors (Lipinski definition) is 3. The lowest BCUT2D eigenvalue weighted by molar-refractivity contribution is -0.132. The number of phosphoric acid groups is 1. The van der Waals surface area contributed by atoms with Gasteiger partial charge in [0.2, 0.25) is 0 Å². The maximum atomic E-state index is 14.2. The summed E-state index contributed by atoms with van der Waals surface area (Å²) in [6.45, 7) is 2.09. The van der Waals surface area contributed by atoms with E-state index < -0.39 is 37.6 Å². The average molecular weight is 552 g/mol. The third-order valence-corrected chi connectivity index (χ3v) is 5.79. The number of anilines is 1. The zero-order valence-corrected chi connectivity index (χ0v) is 21.5. The SMILES string of the molecule is CC(=O)N(NCc1cccc(F)c1F)N(C(=O)O[C@H](C)CCCOP(=O)(O)O)c1cc2ccccc2cn1. The molecule has 0 bridgehead atoms. The Labute approximate surface area is 217 Å². The first-order chi connectivity index (χ1) is 18.0. The van der Waals surface area contributed by atoms with Crippen LogP contribution in [0.5, 0.6) is 0 Å². The van der Waals surface area contributed by atoms with Crippen molar-refractivity contribution in [1.29, 1.82) is 0 Å². The second-order valence-corrected chi connectivity index (χ2v) is 9.48. The molecule has 0 aliphatic carbocycles. The molecular formula is C24H27F2N4O7P. The van der Waals surface area contributed by atoms with E-state index in [0.717, 1.165) is 28.5 Å². The minimum absolute atomic E-state index is 0.00754. The molecular weight excluding hydrogens is 525 g/mol. The first kappa shape index (κ1) is 29.1. The van der Waals surface area contributed by atoms with Gasteiger partial charge in [-0.2, -0.15) is 5.12 Å². The minimum Gasteiger partial charge on any atom is -0.445 e. The monoisotopic (exact) mass is 552 g/mol. The first-order valence-electron chi connectivity index (χ1n) is 11.5. The summed E-state index contributed by atoms with van der Waals surface area (Å²) in [7, 11) is -4.62. The summed E-state index contributed by atoms with van der Waals surface area (Å²) in [4.78, 5) is 47.8. The molecule has 0 aliphatic heterocycles. The zero-order valence-electron chi connectivity index (χ0n) is 20.6. The number of phosphoric ester groups is 1. The molecule has 14 heteroatoms. The lowest BCUT2D eigenvalue weighted by atomic mass is 10.2. The Morgan fingerprint density at radius 3 is 2.53 bits per heavy atom. The summed E-state index contributed by atoms with van der Waals surface area (Å²) in [5.74, 6) is -2.85. The number of benzene rings is 2. The van der Waals surface area contributed by atoms with Crippen LogP contribution < -0.4 is 10.4 Å². The summed E-state index contributed by atoms with van der Waals surface area (Å²) in [6.07, 6.45) is 0.0886. The van der Waals surface area contributed by atoms with Crippen molar-refractivity contribution < 1.29 is 42.0 Å². The average Bonchev–Trinajstić information content (AvgIpc) is 2.85. The van der Waals surface area contributed by atoms with Crippen molar-refractivity contribution in [1.82, 2.24) is 15.5 Å². The van der Waals surface area contributed by atoms with Gasteiger partial charge in [-0.05, 0) is 37.3 Å². The number of carbonyl (C=O) groups excluding carboxylic acids is 2. The molecule has 0 saturated heterocycles. The van der Waals surface area contributed by atoms with Gasteiger partial charge in [0.15, 0.2) is 17.5 Å². The summed E-state index contributed by atoms with van der Waals surface area (Å²) >= 11 is 0. The van der Waals surface area contributed by atoms with Gasteiger partial charge in [-0.3, -0.25) is 9.32 Å². The molecule has 2 amide bonds. The smallest absolute Gasteiger partial charge is 0.445 e. The molecule has 2 aromatic carbocycles. The van der Waals surface area contributed by atoms with Crippen LogP contribution in [0.2, 0.25) is 0 Å². The molecule has 0 saturated carbocycles. The second-order valence-electron chi connectivity index (χ2n) is 8.24. The quantitative estimate of drug-likeness (QED) is 0.192. The Balaban J connectivity index is 1.85. The third-order valence-electron chi connectivity index (χ3n) is 5.27. The van der Waals surface area contributed by atoms with Gasteiger partial charge in [-0.25, -0.2) is 28.6 Å². The van der Waals surface area contributed by atoms with Gasteiger partial charge in [0.25, 0.3) is 5.91 Å². The number of hydrazine groups is 2. The molecule has 1 atom stereocenters. The van der Waals surface area contributed by atoms with E-state index in [1.54, 1.807) is 25.1 Å². The third kappa shape index (κ3) is 8.01. The van der Waals surface area contributed by atoms with Crippen molar-refractivity contribution in [2.24, 2.45) is 0 Å². The van der Waals surface area contributed by atoms with Crippen LogP contribution in [-0.4, -0.2) is 44.6 Å². The van der Waals surface area contributed by atoms with E-state index in [9.17, 15) is 22.9 Å². The van der Waals surface area contributed by atoms with Crippen LogP contribution in [0.15, 0.2) is 54.7 Å². The molecule has 1 heterocycles. The van der Waals surface area contributed by atoms with Gasteiger partial charge in [-0.15, -0.1) is 5.01 Å². The molecule has 0 radical (unpaired) electrons. The number of nitrogens with one attached hydrogen (secondary N) is 1. The zero-order chi connectivity index (χ0) is 27.9. The molecule has 204 valence electrons. The van der Waals surface area contributed by atoms with Gasteiger partial charge in [0, 0.05) is 30.6 Å². The van der Waals surface area contributed by atoms with Crippen LogP contribution in [-0.2, 0) is 25.2 Å². The van der Waals surface area contributed by atoms with Crippen LogP contribution >= 0.6 is 7.82 Å². The molecule has 0 fully saturated rings. The van der Waals surface area contributed by atoms with E-state index in [1.165, 1.54) is 18.3 Å². The number of hydrogen-bond acceptors (Lipinski definition) is 7. The van der Waals surface area contributed by atoms with Gasteiger partial charge >= 0.3 is 13.9 Å². The molecule has 3 aromatic rings. The van der Waals surface area contributed by atoms with Gasteiger partial charge in [0.1, 0.15) is 6.10 Å². The number of pyridine rings is 1. The number of carbonyl (C=O) groups is 2. The van der Waals surface area contributed by atoms with Gasteiger partial charge in [-0.1, -0.05) is 36.4 Å². The van der Waals surface area contributed by atoms with Crippen molar-refractivity contribution in [3.05, 3.63) is 71.9 Å². The first-order valence-corrected chi connectivity index (χ1v) is 13.0. The van der Waals surface area contributed by atoms with E-state index in [-0.39, 0.29) is 37.4 Å². The van der Waals surface area contributed by atoms with Gasteiger partial charge in [0.05, 0.1) is 6.61 Å². The fourth-order valence-electron chi connectivity index (χ4n) is 3.47. The van der Waals surface area contributed by atoms with Gasteiger partial charge < -0.3 is 14.5 Å². The maximum absolute atomic E-state index is 14.2. The molecule has 11 nitrogen and oxygen atoms in total. The Morgan fingerprint density at radius 1 is 1.13 bits per heavy atom. The highest BCUT2D eigenvalue weighted by Gasteiger charge is 2.30. The number of rotatable bonds is 10. The van der Waals surface area contributed by atoms with Crippen molar-refractivity contribution in [3.8, 4) is 0 Å². The van der Waals surface area contributed by atoms with Crippen molar-refractivity contribution in [2.45, 2.75) is 39.3 Å². The number of ether oxygens (including phenoxy) is 1. The predicted molar refractivity (Wildman–Crippen MR) is 133 cm³/mol. The van der Waals surface area contributed by atoms with Crippen LogP contribution in [0.4, 0.5) is 19.4 Å². The molecule has 38 heavy (non-hydrogen) atoms. The molecule has 0 spiro atoms. The van der Waals surface area contributed by atoms with Crippen LogP contribution in [0.3, 0.4) is 0 Å². The largest absolute Gasteiger partial charge is 0.469 e. The second kappa shape index (κ2) is 12.9. The van der Waals surface area contributed by atoms with E-state index in [0.29, 0.717) is 5.39 Å². The number of halogens is 2.